The Bertz CT molecular complexity index is 185. The summed E-state index contributed by atoms with van der Waals surface area (Å²) in [5.41, 5.74) is 0.542. The summed E-state index contributed by atoms with van der Waals surface area (Å²) in [6, 6.07) is 0. The molecule has 0 amide bonds. The molecule has 1 atom stereocenters. The van der Waals surface area contributed by atoms with Crippen LogP contribution in [0.15, 0.2) is 0 Å². The van der Waals surface area contributed by atoms with Crippen molar-refractivity contribution >= 4 is 19.4 Å². The molecule has 1 fully saturated rings. The van der Waals surface area contributed by atoms with Gasteiger partial charge in [-0.15, -0.1) is 0 Å². The van der Waals surface area contributed by atoms with Crippen LogP contribution in [0.25, 0.3) is 0 Å². The molecule has 1 saturated carbocycles. The predicted octanol–water partition coefficient (Wildman–Crippen LogP) is 2.99. The zero-order chi connectivity index (χ0) is 7.78. The first-order chi connectivity index (χ1) is 4.56. The van der Waals surface area contributed by atoms with Crippen LogP contribution in [0.5, 0.6) is 0 Å². The topological polar surface area (TPSA) is 0 Å². The van der Waals surface area contributed by atoms with Crippen molar-refractivity contribution in [3.05, 3.63) is 0 Å². The van der Waals surface area contributed by atoms with Gasteiger partial charge in [0.25, 0.3) is 0 Å². The standard InChI is InChI=1S/C9H16P/c1-7-5-8(10-4)6-9(7,2)3/h7H,4-6H2,1-3H3/q+1. The molecule has 56 valence electrons. The van der Waals surface area contributed by atoms with E-state index in [-0.39, 0.29) is 0 Å². The summed E-state index contributed by atoms with van der Waals surface area (Å²) in [7, 11) is 1.27. The molecule has 1 rings (SSSR count). The van der Waals surface area contributed by atoms with Gasteiger partial charge in [0, 0.05) is 0 Å². The van der Waals surface area contributed by atoms with Gasteiger partial charge < -0.3 is 0 Å². The van der Waals surface area contributed by atoms with Crippen molar-refractivity contribution in [2.45, 2.75) is 33.6 Å². The Morgan fingerprint density at radius 3 is 2.40 bits per heavy atom. The molecule has 1 heteroatoms. The third-order valence-corrected chi connectivity index (χ3v) is 3.55. The molecule has 0 saturated heterocycles. The minimum atomic E-state index is 0.542. The van der Waals surface area contributed by atoms with Crippen LogP contribution in [0, 0.1) is 11.3 Å². The summed E-state index contributed by atoms with van der Waals surface area (Å²) in [6.07, 6.45) is 6.50. The van der Waals surface area contributed by atoms with E-state index in [9.17, 15) is 0 Å². The number of rotatable bonds is 0. The van der Waals surface area contributed by atoms with Gasteiger partial charge in [0.2, 0.25) is 0 Å². The number of hydrogen-bond donors (Lipinski definition) is 0. The summed E-state index contributed by atoms with van der Waals surface area (Å²) in [4.78, 5) is 0. The van der Waals surface area contributed by atoms with E-state index in [4.69, 9.17) is 0 Å². The van der Waals surface area contributed by atoms with Crippen molar-refractivity contribution in [1.82, 2.24) is 0 Å². The zero-order valence-corrected chi connectivity index (χ0v) is 8.04. The first-order valence-corrected chi connectivity index (χ1v) is 4.95. The molecule has 10 heavy (non-hydrogen) atoms. The van der Waals surface area contributed by atoms with Crippen molar-refractivity contribution < 1.29 is 0 Å². The monoisotopic (exact) mass is 155 g/mol. The van der Waals surface area contributed by atoms with E-state index in [2.05, 4.69) is 27.1 Å². The molecule has 0 heterocycles. The van der Waals surface area contributed by atoms with Crippen molar-refractivity contribution in [2.24, 2.45) is 11.3 Å². The summed E-state index contributed by atoms with van der Waals surface area (Å²) in [5, 5.41) is 1.64. The van der Waals surface area contributed by atoms with E-state index in [1.807, 2.05) is 0 Å². The zero-order valence-electron chi connectivity index (χ0n) is 7.15. The molecule has 0 radical (unpaired) electrons. The van der Waals surface area contributed by atoms with E-state index in [0.29, 0.717) is 5.41 Å². The van der Waals surface area contributed by atoms with E-state index < -0.39 is 0 Å². The van der Waals surface area contributed by atoms with Gasteiger partial charge >= 0.3 is 64.4 Å². The van der Waals surface area contributed by atoms with Gasteiger partial charge in [-0.1, -0.05) is 0 Å². The third kappa shape index (κ3) is 1.42. The van der Waals surface area contributed by atoms with Gasteiger partial charge in [-0.05, 0) is 0 Å². The Kier molecular flexibility index (Phi) is 2.20. The fourth-order valence-corrected chi connectivity index (χ4v) is 2.44. The molecule has 0 N–H and O–H groups in total. The Labute approximate surface area is 65.1 Å². The number of hydrogen-bond acceptors (Lipinski definition) is 0. The second-order valence-electron chi connectivity index (χ2n) is 3.99. The molecule has 0 spiro atoms. The average molecular weight is 155 g/mol. The van der Waals surface area contributed by atoms with Gasteiger partial charge in [0.05, 0.1) is 0 Å². The summed E-state index contributed by atoms with van der Waals surface area (Å²) >= 11 is 0. The van der Waals surface area contributed by atoms with Crippen LogP contribution in [0.2, 0.25) is 0 Å². The van der Waals surface area contributed by atoms with Crippen LogP contribution in [0.4, 0.5) is 0 Å². The first kappa shape index (κ1) is 8.27. The Hall–Kier alpha value is 0.170. The average Bonchev–Trinajstić information content (AvgIpc) is 2.08. The first-order valence-electron chi connectivity index (χ1n) is 3.87. The van der Waals surface area contributed by atoms with Gasteiger partial charge in [0.15, 0.2) is 0 Å². The van der Waals surface area contributed by atoms with Crippen LogP contribution in [-0.2, 0) is 0 Å². The van der Waals surface area contributed by atoms with Gasteiger partial charge in [0.1, 0.15) is 0 Å². The van der Waals surface area contributed by atoms with Gasteiger partial charge in [-0.2, -0.15) is 0 Å². The second kappa shape index (κ2) is 2.66. The molecular formula is C9H16P+. The van der Waals surface area contributed by atoms with Crippen molar-refractivity contribution in [3.8, 4) is 0 Å². The molecule has 0 nitrogen and oxygen atoms in total. The fourth-order valence-electron chi connectivity index (χ4n) is 1.52. The van der Waals surface area contributed by atoms with E-state index in [0.717, 1.165) is 5.92 Å². The Balaban J connectivity index is 2.80. The maximum atomic E-state index is 3.90. The molecule has 1 unspecified atom stereocenters. The van der Waals surface area contributed by atoms with Crippen LogP contribution in [0.1, 0.15) is 33.6 Å². The van der Waals surface area contributed by atoms with Gasteiger partial charge in [-0.25, -0.2) is 0 Å². The molecule has 0 aliphatic heterocycles. The van der Waals surface area contributed by atoms with Crippen molar-refractivity contribution in [2.75, 3.05) is 0 Å². The molecule has 1 aliphatic rings. The van der Waals surface area contributed by atoms with E-state index in [1.165, 1.54) is 20.7 Å². The maximum absolute atomic E-state index is 3.90. The van der Waals surface area contributed by atoms with Crippen molar-refractivity contribution in [3.63, 3.8) is 0 Å². The quantitative estimate of drug-likeness (QED) is 0.472. The van der Waals surface area contributed by atoms with Crippen LogP contribution >= 0.6 is 7.83 Å². The predicted molar refractivity (Wildman–Crippen MR) is 51.2 cm³/mol. The van der Waals surface area contributed by atoms with Crippen molar-refractivity contribution in [1.29, 1.82) is 0 Å². The molecule has 0 aromatic heterocycles. The van der Waals surface area contributed by atoms with Gasteiger partial charge in [-0.3, -0.25) is 0 Å². The SMILES string of the molecule is C=[P+]=C1CC(C)C(C)(C)C1. The normalized spacial score (nSPS) is 30.7. The summed E-state index contributed by atoms with van der Waals surface area (Å²) in [5.74, 6) is 0.858. The summed E-state index contributed by atoms with van der Waals surface area (Å²) in [6.45, 7) is 7.06. The van der Waals surface area contributed by atoms with E-state index in [1.54, 1.807) is 5.29 Å². The fraction of sp³-hybridized carbons (Fsp3) is 0.778. The molecule has 1 aliphatic carbocycles. The molecule has 0 bridgehead atoms. The van der Waals surface area contributed by atoms with E-state index >= 15 is 0 Å². The third-order valence-electron chi connectivity index (χ3n) is 2.76. The molecular weight excluding hydrogens is 139 g/mol. The Morgan fingerprint density at radius 2 is 2.20 bits per heavy atom. The van der Waals surface area contributed by atoms with Crippen LogP contribution < -0.4 is 0 Å². The second-order valence-corrected chi connectivity index (χ2v) is 4.94. The van der Waals surface area contributed by atoms with Crippen LogP contribution in [0.3, 0.4) is 0 Å². The van der Waals surface area contributed by atoms with Crippen LogP contribution in [-0.4, -0.2) is 11.6 Å². The molecule has 0 aromatic carbocycles. The summed E-state index contributed by atoms with van der Waals surface area (Å²) < 4.78 is 0. The minimum absolute atomic E-state index is 0.542. The molecule has 0 aromatic rings. The Morgan fingerprint density at radius 1 is 1.60 bits per heavy atom.